The number of esters is 1. The quantitative estimate of drug-likeness (QED) is 0.714. The van der Waals surface area contributed by atoms with Gasteiger partial charge in [0.1, 0.15) is 11.7 Å². The van der Waals surface area contributed by atoms with Gasteiger partial charge in [-0.05, 0) is 38.5 Å². The van der Waals surface area contributed by atoms with Crippen molar-refractivity contribution in [3.8, 4) is 6.07 Å². The molecule has 0 saturated carbocycles. The summed E-state index contributed by atoms with van der Waals surface area (Å²) >= 11 is 0. The Morgan fingerprint density at radius 1 is 1.10 bits per heavy atom. The van der Waals surface area contributed by atoms with E-state index in [2.05, 4.69) is 9.98 Å². The van der Waals surface area contributed by atoms with Crippen molar-refractivity contribution in [3.63, 3.8) is 0 Å². The standard InChI is InChI=1S/C23H21N3O4/c1-22(2,3)30-21(28)23(15-24,14-16-10-6-4-7-11-16)26-20-18(27)25-19(29-20)17-12-8-5-9-13-17/h4-13H,14H2,1-3H3. The molecule has 1 atom stereocenters. The lowest BCUT2D eigenvalue weighted by Gasteiger charge is -2.26. The van der Waals surface area contributed by atoms with Crippen LogP contribution in [0.15, 0.2) is 70.6 Å². The normalized spacial score (nSPS) is 16.9. The fraction of sp³-hybridized carbons (Fsp3) is 0.261. The number of rotatable bonds is 5. The SMILES string of the molecule is CC(C)(C)OC(=O)C(C#N)(Cc1ccccc1)N=C1OC(c2ccccc2)=NC1=O. The highest BCUT2D eigenvalue weighted by Crippen LogP contribution is 2.25. The first-order valence-electron chi connectivity index (χ1n) is 9.37. The molecule has 0 spiro atoms. The van der Waals surface area contributed by atoms with Crippen molar-refractivity contribution >= 4 is 23.7 Å². The Morgan fingerprint density at radius 3 is 2.27 bits per heavy atom. The van der Waals surface area contributed by atoms with Crippen LogP contribution in [0.2, 0.25) is 0 Å². The smallest absolute Gasteiger partial charge is 0.349 e. The number of benzene rings is 2. The van der Waals surface area contributed by atoms with Gasteiger partial charge in [-0.1, -0.05) is 48.5 Å². The van der Waals surface area contributed by atoms with Gasteiger partial charge in [0.15, 0.2) is 0 Å². The zero-order valence-electron chi connectivity index (χ0n) is 17.0. The molecule has 0 fully saturated rings. The third-order valence-corrected chi connectivity index (χ3v) is 4.12. The highest BCUT2D eigenvalue weighted by atomic mass is 16.6. The maximum absolute atomic E-state index is 13.0. The predicted molar refractivity (Wildman–Crippen MR) is 111 cm³/mol. The summed E-state index contributed by atoms with van der Waals surface area (Å²) in [6, 6.07) is 19.7. The molecule has 1 aliphatic heterocycles. The van der Waals surface area contributed by atoms with Crippen LogP contribution in [0.3, 0.4) is 0 Å². The lowest BCUT2D eigenvalue weighted by molar-refractivity contribution is -0.159. The van der Waals surface area contributed by atoms with Crippen molar-refractivity contribution in [2.75, 3.05) is 0 Å². The first kappa shape index (κ1) is 20.9. The Bertz CT molecular complexity index is 1050. The van der Waals surface area contributed by atoms with Gasteiger partial charge in [-0.2, -0.15) is 10.3 Å². The van der Waals surface area contributed by atoms with Crippen LogP contribution in [0.5, 0.6) is 0 Å². The van der Waals surface area contributed by atoms with Gasteiger partial charge in [-0.3, -0.25) is 4.79 Å². The minimum Gasteiger partial charge on any atom is -0.457 e. The maximum atomic E-state index is 13.0. The van der Waals surface area contributed by atoms with Crippen molar-refractivity contribution in [2.24, 2.45) is 9.98 Å². The highest BCUT2D eigenvalue weighted by Gasteiger charge is 2.45. The maximum Gasteiger partial charge on any atom is 0.349 e. The molecule has 0 saturated heterocycles. The van der Waals surface area contributed by atoms with E-state index in [9.17, 15) is 14.9 Å². The topological polar surface area (TPSA) is 101 Å². The lowest BCUT2D eigenvalue weighted by Crippen LogP contribution is -2.44. The zero-order valence-corrected chi connectivity index (χ0v) is 17.0. The fourth-order valence-electron chi connectivity index (χ4n) is 2.77. The first-order valence-corrected chi connectivity index (χ1v) is 9.37. The molecule has 0 aromatic heterocycles. The Morgan fingerprint density at radius 2 is 1.70 bits per heavy atom. The van der Waals surface area contributed by atoms with Gasteiger partial charge >= 0.3 is 11.9 Å². The second-order valence-electron chi connectivity index (χ2n) is 7.74. The number of carbonyl (C=O) groups excluding carboxylic acids is 2. The molecule has 152 valence electrons. The molecule has 3 rings (SSSR count). The van der Waals surface area contributed by atoms with Crippen LogP contribution in [-0.4, -0.2) is 34.8 Å². The second-order valence-corrected chi connectivity index (χ2v) is 7.74. The van der Waals surface area contributed by atoms with Crippen molar-refractivity contribution < 1.29 is 19.1 Å². The number of nitrogens with zero attached hydrogens (tertiary/aromatic N) is 3. The molecule has 2 aromatic rings. The average Bonchev–Trinajstić information content (AvgIpc) is 3.07. The van der Waals surface area contributed by atoms with Crippen molar-refractivity contribution in [2.45, 2.75) is 38.3 Å². The summed E-state index contributed by atoms with van der Waals surface area (Å²) in [5, 5.41) is 9.97. The molecule has 1 aliphatic rings. The Hall–Kier alpha value is -3.79. The van der Waals surface area contributed by atoms with E-state index in [1.165, 1.54) is 0 Å². The van der Waals surface area contributed by atoms with Crippen LogP contribution in [0.25, 0.3) is 0 Å². The fourth-order valence-corrected chi connectivity index (χ4v) is 2.77. The summed E-state index contributed by atoms with van der Waals surface area (Å²) < 4.78 is 11.0. The lowest BCUT2D eigenvalue weighted by atomic mass is 9.92. The molecule has 1 unspecified atom stereocenters. The molecule has 1 heterocycles. The van der Waals surface area contributed by atoms with E-state index in [-0.39, 0.29) is 12.3 Å². The van der Waals surface area contributed by atoms with Crippen molar-refractivity contribution in [3.05, 3.63) is 71.8 Å². The molecule has 30 heavy (non-hydrogen) atoms. The molecule has 2 aromatic carbocycles. The van der Waals surface area contributed by atoms with Gasteiger partial charge in [0.25, 0.3) is 11.4 Å². The van der Waals surface area contributed by atoms with E-state index >= 15 is 0 Å². The summed E-state index contributed by atoms with van der Waals surface area (Å²) in [6.07, 6.45) is -0.0833. The van der Waals surface area contributed by atoms with Crippen LogP contribution in [0, 0.1) is 11.3 Å². The van der Waals surface area contributed by atoms with Gasteiger partial charge < -0.3 is 9.47 Å². The van der Waals surface area contributed by atoms with Crippen molar-refractivity contribution in [1.82, 2.24) is 0 Å². The van der Waals surface area contributed by atoms with E-state index < -0.39 is 28.9 Å². The summed E-state index contributed by atoms with van der Waals surface area (Å²) in [5.41, 5.74) is -1.58. The largest absolute Gasteiger partial charge is 0.457 e. The number of hydrogen-bond acceptors (Lipinski definition) is 6. The summed E-state index contributed by atoms with van der Waals surface area (Å²) in [4.78, 5) is 33.4. The molecule has 7 heteroatoms. The molecular weight excluding hydrogens is 382 g/mol. The molecule has 0 radical (unpaired) electrons. The van der Waals surface area contributed by atoms with Crippen LogP contribution in [-0.2, 0) is 25.5 Å². The minimum atomic E-state index is -2.00. The van der Waals surface area contributed by atoms with Crippen molar-refractivity contribution in [1.29, 1.82) is 5.26 Å². The van der Waals surface area contributed by atoms with Gasteiger partial charge in [-0.15, -0.1) is 0 Å². The van der Waals surface area contributed by atoms with Crippen LogP contribution in [0.4, 0.5) is 0 Å². The Balaban J connectivity index is 1.99. The number of carbonyl (C=O) groups is 2. The molecule has 0 aliphatic carbocycles. The average molecular weight is 403 g/mol. The summed E-state index contributed by atoms with van der Waals surface area (Å²) in [7, 11) is 0. The molecular formula is C23H21N3O4. The summed E-state index contributed by atoms with van der Waals surface area (Å²) in [6.45, 7) is 5.07. The van der Waals surface area contributed by atoms with Crippen LogP contribution >= 0.6 is 0 Å². The van der Waals surface area contributed by atoms with Crippen LogP contribution < -0.4 is 0 Å². The van der Waals surface area contributed by atoms with Gasteiger partial charge in [-0.25, -0.2) is 9.79 Å². The predicted octanol–water partition coefficient (Wildman–Crippen LogP) is 3.24. The monoisotopic (exact) mass is 403 g/mol. The zero-order chi connectivity index (χ0) is 21.8. The number of aliphatic imine (C=N–C) groups is 2. The second kappa shape index (κ2) is 8.29. The number of amides is 1. The van der Waals surface area contributed by atoms with Gasteiger partial charge in [0.05, 0.1) is 0 Å². The van der Waals surface area contributed by atoms with Gasteiger partial charge in [0.2, 0.25) is 5.90 Å². The number of ether oxygens (including phenoxy) is 2. The Labute approximate surface area is 174 Å². The molecule has 1 amide bonds. The Kier molecular flexibility index (Phi) is 5.79. The third-order valence-electron chi connectivity index (χ3n) is 4.12. The first-order chi connectivity index (χ1) is 14.2. The van der Waals surface area contributed by atoms with E-state index in [0.29, 0.717) is 11.1 Å². The van der Waals surface area contributed by atoms with E-state index in [1.807, 2.05) is 18.2 Å². The third kappa shape index (κ3) is 4.78. The highest BCUT2D eigenvalue weighted by molar-refractivity contribution is 6.43. The summed E-state index contributed by atoms with van der Waals surface area (Å²) in [5.74, 6) is -1.98. The number of hydrogen-bond donors (Lipinski definition) is 0. The van der Waals surface area contributed by atoms with E-state index in [1.54, 1.807) is 69.3 Å². The number of nitriles is 1. The molecule has 0 N–H and O–H groups in total. The molecule has 0 bridgehead atoms. The van der Waals surface area contributed by atoms with E-state index in [4.69, 9.17) is 9.47 Å². The van der Waals surface area contributed by atoms with Crippen LogP contribution in [0.1, 0.15) is 31.9 Å². The van der Waals surface area contributed by atoms with Gasteiger partial charge in [0, 0.05) is 12.0 Å². The molecule has 7 nitrogen and oxygen atoms in total. The minimum absolute atomic E-state index is 0.0649. The van der Waals surface area contributed by atoms with E-state index in [0.717, 1.165) is 0 Å².